The van der Waals surface area contributed by atoms with Crippen LogP contribution in [0.1, 0.15) is 26.2 Å². The Morgan fingerprint density at radius 1 is 1.35 bits per heavy atom. The van der Waals surface area contributed by atoms with Crippen molar-refractivity contribution in [3.8, 4) is 0 Å². The van der Waals surface area contributed by atoms with E-state index < -0.39 is 4.92 Å². The largest absolute Gasteiger partial charge is 0.370 e. The van der Waals surface area contributed by atoms with E-state index in [1.807, 2.05) is 6.92 Å². The number of rotatable bonds is 9. The first-order chi connectivity index (χ1) is 9.56. The Labute approximate surface area is 116 Å². The summed E-state index contributed by atoms with van der Waals surface area (Å²) >= 11 is 0. The summed E-state index contributed by atoms with van der Waals surface area (Å²) in [5.74, 6) is -0.000361. The van der Waals surface area contributed by atoms with Crippen LogP contribution in [0.2, 0.25) is 0 Å². The highest BCUT2D eigenvalue weighted by Gasteiger charge is 2.21. The number of hydrogen-bond donors (Lipinski definition) is 3. The molecule has 0 unspecified atom stereocenters. The number of nitrogens with one attached hydrogen (secondary N) is 2. The zero-order valence-corrected chi connectivity index (χ0v) is 11.3. The molecule has 0 saturated heterocycles. The third-order valence-corrected chi connectivity index (χ3v) is 2.49. The standard InChI is InChI=1S/C11H18N6O3/c1-2-13-10-9(17(19)20)11(16-7-15-10)14-6-4-3-5-8(12)18/h7H,2-6H2,1H3,(H2,12,18)(H2,13,14,15,16). The van der Waals surface area contributed by atoms with Crippen molar-refractivity contribution >= 4 is 23.2 Å². The van der Waals surface area contributed by atoms with Gasteiger partial charge in [-0.05, 0) is 19.8 Å². The first-order valence-corrected chi connectivity index (χ1v) is 6.31. The van der Waals surface area contributed by atoms with Crippen molar-refractivity contribution in [1.29, 1.82) is 0 Å². The smallest absolute Gasteiger partial charge is 0.353 e. The lowest BCUT2D eigenvalue weighted by molar-refractivity contribution is -0.383. The fraction of sp³-hybridized carbons (Fsp3) is 0.545. The fourth-order valence-electron chi connectivity index (χ4n) is 1.61. The third kappa shape index (κ3) is 4.67. The number of carbonyl (C=O) groups is 1. The highest BCUT2D eigenvalue weighted by atomic mass is 16.6. The number of anilines is 2. The van der Waals surface area contributed by atoms with Gasteiger partial charge in [-0.3, -0.25) is 14.9 Å². The zero-order valence-electron chi connectivity index (χ0n) is 11.3. The molecule has 0 aliphatic rings. The molecule has 0 aliphatic heterocycles. The van der Waals surface area contributed by atoms with Gasteiger partial charge in [-0.25, -0.2) is 9.97 Å². The van der Waals surface area contributed by atoms with Crippen molar-refractivity contribution in [2.75, 3.05) is 23.7 Å². The molecule has 0 fully saturated rings. The van der Waals surface area contributed by atoms with Gasteiger partial charge in [0.1, 0.15) is 6.33 Å². The van der Waals surface area contributed by atoms with Gasteiger partial charge in [-0.2, -0.15) is 0 Å². The molecular weight excluding hydrogens is 264 g/mol. The number of hydrogen-bond acceptors (Lipinski definition) is 7. The summed E-state index contributed by atoms with van der Waals surface area (Å²) in [6.45, 7) is 2.81. The molecule has 0 saturated carbocycles. The lowest BCUT2D eigenvalue weighted by atomic mass is 10.2. The minimum absolute atomic E-state index is 0.167. The van der Waals surface area contributed by atoms with E-state index in [1.54, 1.807) is 0 Å². The Kier molecular flexibility index (Phi) is 6.14. The number of nitro groups is 1. The maximum Gasteiger partial charge on any atom is 0.353 e. The molecule has 1 aromatic heterocycles. The summed E-state index contributed by atoms with van der Waals surface area (Å²) in [6, 6.07) is 0. The average Bonchev–Trinajstić information content (AvgIpc) is 2.38. The van der Waals surface area contributed by atoms with Gasteiger partial charge in [0.15, 0.2) is 0 Å². The Morgan fingerprint density at radius 3 is 2.55 bits per heavy atom. The molecular formula is C11H18N6O3. The molecule has 0 spiro atoms. The topological polar surface area (TPSA) is 136 Å². The number of nitrogens with zero attached hydrogens (tertiary/aromatic N) is 3. The Bertz CT molecular complexity index is 479. The normalized spacial score (nSPS) is 10.1. The predicted octanol–water partition coefficient (Wildman–Crippen LogP) is 0.884. The second-order valence-corrected chi connectivity index (χ2v) is 4.06. The molecule has 1 aromatic rings. The van der Waals surface area contributed by atoms with Gasteiger partial charge < -0.3 is 16.4 Å². The van der Waals surface area contributed by atoms with Crippen LogP contribution in [0.15, 0.2) is 6.33 Å². The van der Waals surface area contributed by atoms with E-state index in [1.165, 1.54) is 6.33 Å². The maximum absolute atomic E-state index is 11.1. The third-order valence-electron chi connectivity index (χ3n) is 2.49. The fourth-order valence-corrected chi connectivity index (χ4v) is 1.61. The van der Waals surface area contributed by atoms with Crippen molar-refractivity contribution in [1.82, 2.24) is 9.97 Å². The Hall–Kier alpha value is -2.45. The van der Waals surface area contributed by atoms with Crippen molar-refractivity contribution < 1.29 is 9.72 Å². The first kappa shape index (κ1) is 15.6. The van der Waals surface area contributed by atoms with Gasteiger partial charge in [0.05, 0.1) is 4.92 Å². The van der Waals surface area contributed by atoms with Gasteiger partial charge in [0, 0.05) is 19.5 Å². The summed E-state index contributed by atoms with van der Waals surface area (Å²) in [7, 11) is 0. The Balaban J connectivity index is 2.66. The van der Waals surface area contributed by atoms with Crippen LogP contribution >= 0.6 is 0 Å². The molecule has 4 N–H and O–H groups in total. The van der Waals surface area contributed by atoms with Crippen molar-refractivity contribution in [3.05, 3.63) is 16.4 Å². The van der Waals surface area contributed by atoms with E-state index in [0.29, 0.717) is 32.4 Å². The highest BCUT2D eigenvalue weighted by Crippen LogP contribution is 2.28. The summed E-state index contributed by atoms with van der Waals surface area (Å²) in [4.78, 5) is 28.9. The molecule has 0 radical (unpaired) electrons. The second kappa shape index (κ2) is 7.87. The van der Waals surface area contributed by atoms with Crippen LogP contribution in [0, 0.1) is 10.1 Å². The zero-order chi connectivity index (χ0) is 15.0. The Morgan fingerprint density at radius 2 is 2.00 bits per heavy atom. The molecule has 1 amide bonds. The number of amides is 1. The van der Waals surface area contributed by atoms with Crippen LogP contribution < -0.4 is 16.4 Å². The molecule has 0 aliphatic carbocycles. The van der Waals surface area contributed by atoms with E-state index in [0.717, 1.165) is 0 Å². The van der Waals surface area contributed by atoms with Gasteiger partial charge in [-0.1, -0.05) is 0 Å². The van der Waals surface area contributed by atoms with E-state index in [2.05, 4.69) is 20.6 Å². The molecule has 0 atom stereocenters. The minimum Gasteiger partial charge on any atom is -0.370 e. The van der Waals surface area contributed by atoms with Crippen molar-refractivity contribution in [3.63, 3.8) is 0 Å². The minimum atomic E-state index is -0.524. The second-order valence-electron chi connectivity index (χ2n) is 4.06. The molecule has 110 valence electrons. The van der Waals surface area contributed by atoms with E-state index in [-0.39, 0.29) is 23.2 Å². The van der Waals surface area contributed by atoms with Crippen LogP contribution in [-0.4, -0.2) is 33.9 Å². The summed E-state index contributed by atoms with van der Waals surface area (Å²) < 4.78 is 0. The summed E-state index contributed by atoms with van der Waals surface area (Å²) in [5, 5.41) is 16.8. The van der Waals surface area contributed by atoms with Crippen molar-refractivity contribution in [2.24, 2.45) is 5.73 Å². The van der Waals surface area contributed by atoms with Gasteiger partial charge >= 0.3 is 5.69 Å². The monoisotopic (exact) mass is 282 g/mol. The highest BCUT2D eigenvalue weighted by molar-refractivity contribution is 5.73. The summed E-state index contributed by atoms with van der Waals surface area (Å²) in [5.41, 5.74) is 4.85. The van der Waals surface area contributed by atoms with E-state index >= 15 is 0 Å². The van der Waals surface area contributed by atoms with E-state index in [4.69, 9.17) is 5.73 Å². The quantitative estimate of drug-likeness (QED) is 0.347. The van der Waals surface area contributed by atoms with Gasteiger partial charge in [0.25, 0.3) is 0 Å². The van der Waals surface area contributed by atoms with Crippen LogP contribution in [0.3, 0.4) is 0 Å². The number of aromatic nitrogens is 2. The van der Waals surface area contributed by atoms with Crippen LogP contribution in [0.4, 0.5) is 17.3 Å². The summed E-state index contributed by atoms with van der Waals surface area (Å²) in [6.07, 6.45) is 2.86. The molecule has 9 heteroatoms. The molecule has 1 heterocycles. The number of carbonyl (C=O) groups excluding carboxylic acids is 1. The maximum atomic E-state index is 11.1. The van der Waals surface area contributed by atoms with E-state index in [9.17, 15) is 14.9 Å². The van der Waals surface area contributed by atoms with Gasteiger partial charge in [-0.15, -0.1) is 0 Å². The molecule has 0 bridgehead atoms. The van der Waals surface area contributed by atoms with Crippen LogP contribution in [0.25, 0.3) is 0 Å². The van der Waals surface area contributed by atoms with Crippen LogP contribution in [0.5, 0.6) is 0 Å². The molecule has 0 aromatic carbocycles. The lowest BCUT2D eigenvalue weighted by Gasteiger charge is -2.08. The average molecular weight is 282 g/mol. The SMILES string of the molecule is CCNc1ncnc(NCCCCC(N)=O)c1[N+](=O)[O-]. The van der Waals surface area contributed by atoms with Crippen LogP contribution in [-0.2, 0) is 4.79 Å². The molecule has 20 heavy (non-hydrogen) atoms. The first-order valence-electron chi connectivity index (χ1n) is 6.31. The predicted molar refractivity (Wildman–Crippen MR) is 74.4 cm³/mol. The number of nitrogens with two attached hydrogens (primary N) is 1. The lowest BCUT2D eigenvalue weighted by Crippen LogP contribution is -2.12. The van der Waals surface area contributed by atoms with Gasteiger partial charge in [0.2, 0.25) is 17.5 Å². The molecule has 9 nitrogen and oxygen atoms in total. The number of primary amides is 1. The molecule has 1 rings (SSSR count). The number of unbranched alkanes of at least 4 members (excludes halogenated alkanes) is 1. The van der Waals surface area contributed by atoms with Crippen molar-refractivity contribution in [2.45, 2.75) is 26.2 Å².